The van der Waals surface area contributed by atoms with Gasteiger partial charge in [-0.3, -0.25) is 14.4 Å². The summed E-state index contributed by atoms with van der Waals surface area (Å²) in [5.74, 6) is -1.07. The van der Waals surface area contributed by atoms with Gasteiger partial charge in [-0.2, -0.15) is 0 Å². The smallest absolute Gasteiger partial charge is 0.180 e. The molecule has 34 heavy (non-hydrogen) atoms. The number of hydrogen-bond donors (Lipinski definition) is 0. The van der Waals surface area contributed by atoms with Gasteiger partial charge in [-0.05, 0) is 49.2 Å². The van der Waals surface area contributed by atoms with Crippen LogP contribution >= 0.6 is 15.9 Å². The molecule has 1 saturated heterocycles. The summed E-state index contributed by atoms with van der Waals surface area (Å²) in [6, 6.07) is 19.6. The van der Waals surface area contributed by atoms with Gasteiger partial charge in [0.2, 0.25) is 0 Å². The monoisotopic (exact) mass is 511 g/mol. The predicted octanol–water partition coefficient (Wildman–Crippen LogP) is 5.78. The minimum absolute atomic E-state index is 0.0619. The molecule has 3 atom stereocenters. The Morgan fingerprint density at radius 1 is 0.941 bits per heavy atom. The van der Waals surface area contributed by atoms with E-state index in [4.69, 9.17) is 0 Å². The zero-order valence-electron chi connectivity index (χ0n) is 18.8. The van der Waals surface area contributed by atoms with Crippen molar-refractivity contribution in [2.24, 2.45) is 5.41 Å². The highest BCUT2D eigenvalue weighted by molar-refractivity contribution is 9.10. The van der Waals surface area contributed by atoms with Gasteiger partial charge in [-0.25, -0.2) is 0 Å². The second-order valence-electron chi connectivity index (χ2n) is 9.43. The fraction of sp³-hybridized carbons (Fsp3) is 0.207. The first-order valence-corrected chi connectivity index (χ1v) is 12.2. The molecule has 1 fully saturated rings. The Hall–Kier alpha value is -3.31. The molecule has 0 bridgehead atoms. The molecule has 4 nitrogen and oxygen atoms in total. The van der Waals surface area contributed by atoms with Crippen LogP contribution in [-0.2, 0) is 4.79 Å². The maximum absolute atomic E-state index is 14.3. The van der Waals surface area contributed by atoms with Crippen molar-refractivity contribution in [1.29, 1.82) is 0 Å². The SMILES string of the molecule is CC(=O)C1C(c2ccc(Br)cc2)C2(C(=O)c3ccccc3C2=O)C2C=Cc3cc(C)ccc3N12. The van der Waals surface area contributed by atoms with E-state index in [1.165, 1.54) is 0 Å². The summed E-state index contributed by atoms with van der Waals surface area (Å²) in [6.07, 6.45) is 3.95. The van der Waals surface area contributed by atoms with Crippen molar-refractivity contribution >= 4 is 45.0 Å². The maximum atomic E-state index is 14.3. The van der Waals surface area contributed by atoms with Gasteiger partial charge in [-0.1, -0.05) is 76.1 Å². The van der Waals surface area contributed by atoms with Crippen LogP contribution < -0.4 is 4.90 Å². The summed E-state index contributed by atoms with van der Waals surface area (Å²) in [6.45, 7) is 3.59. The van der Waals surface area contributed by atoms with Gasteiger partial charge in [0.1, 0.15) is 5.41 Å². The molecule has 2 aliphatic heterocycles. The molecule has 0 saturated carbocycles. The number of rotatable bonds is 2. The molecule has 3 aromatic rings. The fourth-order valence-electron chi connectivity index (χ4n) is 6.29. The topological polar surface area (TPSA) is 54.5 Å². The van der Waals surface area contributed by atoms with Crippen molar-refractivity contribution in [3.8, 4) is 0 Å². The van der Waals surface area contributed by atoms with E-state index in [0.717, 1.165) is 26.9 Å². The van der Waals surface area contributed by atoms with Crippen molar-refractivity contribution in [3.63, 3.8) is 0 Å². The summed E-state index contributed by atoms with van der Waals surface area (Å²) >= 11 is 3.49. The molecule has 5 heteroatoms. The molecular formula is C29H22BrNO3. The number of fused-ring (bicyclic) bond motifs is 5. The van der Waals surface area contributed by atoms with Gasteiger partial charge >= 0.3 is 0 Å². The number of carbonyl (C=O) groups excluding carboxylic acids is 3. The van der Waals surface area contributed by atoms with Crippen LogP contribution in [0, 0.1) is 12.3 Å². The first-order valence-electron chi connectivity index (χ1n) is 11.4. The predicted molar refractivity (Wildman–Crippen MR) is 135 cm³/mol. The Balaban J connectivity index is 1.68. The van der Waals surface area contributed by atoms with Gasteiger partial charge in [0.05, 0.1) is 12.1 Å². The van der Waals surface area contributed by atoms with E-state index in [0.29, 0.717) is 11.1 Å². The standard InChI is InChI=1S/C29H22BrNO3/c1-16-7-13-23-19(15-16)10-14-24-29(27(33)21-5-3-4-6-22(21)28(29)34)25(26(17(2)32)31(23)24)18-8-11-20(30)12-9-18/h3-15,24-26H,1-2H3. The summed E-state index contributed by atoms with van der Waals surface area (Å²) in [5, 5.41) is 0. The molecule has 168 valence electrons. The first-order chi connectivity index (χ1) is 16.4. The lowest BCUT2D eigenvalue weighted by Crippen LogP contribution is -2.48. The number of ketones is 3. The highest BCUT2D eigenvalue weighted by Gasteiger charge is 2.71. The molecule has 0 N–H and O–H groups in total. The van der Waals surface area contributed by atoms with Gasteiger partial charge in [-0.15, -0.1) is 0 Å². The zero-order valence-corrected chi connectivity index (χ0v) is 20.4. The van der Waals surface area contributed by atoms with Crippen LogP contribution in [0.25, 0.3) is 6.08 Å². The zero-order chi connectivity index (χ0) is 23.8. The number of nitrogens with zero attached hydrogens (tertiary/aromatic N) is 1. The van der Waals surface area contributed by atoms with E-state index in [9.17, 15) is 14.4 Å². The molecule has 3 aliphatic rings. The molecule has 1 spiro atoms. The first kappa shape index (κ1) is 21.2. The van der Waals surface area contributed by atoms with Crippen LogP contribution in [0.3, 0.4) is 0 Å². The van der Waals surface area contributed by atoms with Crippen LogP contribution in [0.5, 0.6) is 0 Å². The Labute approximate surface area is 206 Å². The highest BCUT2D eigenvalue weighted by atomic mass is 79.9. The quantitative estimate of drug-likeness (QED) is 0.409. The fourth-order valence-corrected chi connectivity index (χ4v) is 6.56. The molecule has 3 unspecified atom stereocenters. The Kier molecular flexibility index (Phi) is 4.59. The molecule has 3 aromatic carbocycles. The molecule has 6 rings (SSSR count). The van der Waals surface area contributed by atoms with Crippen LogP contribution in [0.2, 0.25) is 0 Å². The minimum Gasteiger partial charge on any atom is -0.352 e. The average Bonchev–Trinajstić information content (AvgIpc) is 3.26. The Morgan fingerprint density at radius 2 is 1.59 bits per heavy atom. The van der Waals surface area contributed by atoms with Gasteiger partial charge in [0.25, 0.3) is 0 Å². The maximum Gasteiger partial charge on any atom is 0.180 e. The van der Waals surface area contributed by atoms with E-state index in [-0.39, 0.29) is 17.3 Å². The van der Waals surface area contributed by atoms with Gasteiger partial charge in [0, 0.05) is 27.2 Å². The van der Waals surface area contributed by atoms with Crippen molar-refractivity contribution in [3.05, 3.63) is 105 Å². The van der Waals surface area contributed by atoms with E-state index < -0.39 is 23.4 Å². The third-order valence-electron chi connectivity index (χ3n) is 7.60. The van der Waals surface area contributed by atoms with Crippen LogP contribution in [0.15, 0.2) is 77.3 Å². The van der Waals surface area contributed by atoms with Crippen molar-refractivity contribution in [2.75, 3.05) is 4.90 Å². The van der Waals surface area contributed by atoms with Crippen LogP contribution in [-0.4, -0.2) is 29.4 Å². The molecule has 0 radical (unpaired) electrons. The number of benzene rings is 3. The lowest BCUT2D eigenvalue weighted by atomic mass is 9.64. The van der Waals surface area contributed by atoms with Crippen molar-refractivity contribution in [2.45, 2.75) is 31.8 Å². The van der Waals surface area contributed by atoms with Crippen LogP contribution in [0.1, 0.15) is 50.2 Å². The number of anilines is 1. The molecule has 0 aromatic heterocycles. The molecule has 2 heterocycles. The summed E-state index contributed by atoms with van der Waals surface area (Å²) < 4.78 is 0.897. The van der Waals surface area contributed by atoms with Crippen LogP contribution in [0.4, 0.5) is 5.69 Å². The second kappa shape index (κ2) is 7.34. The Bertz CT molecular complexity index is 1390. The minimum atomic E-state index is -1.41. The molecular weight excluding hydrogens is 490 g/mol. The summed E-state index contributed by atoms with van der Waals surface area (Å²) in [4.78, 5) is 43.9. The van der Waals surface area contributed by atoms with Crippen molar-refractivity contribution in [1.82, 2.24) is 0 Å². The van der Waals surface area contributed by atoms with Gasteiger partial charge < -0.3 is 4.90 Å². The number of halogens is 1. The van der Waals surface area contributed by atoms with E-state index in [1.54, 1.807) is 31.2 Å². The summed E-state index contributed by atoms with van der Waals surface area (Å²) in [5.41, 5.74) is 3.28. The molecule has 1 aliphatic carbocycles. The highest BCUT2D eigenvalue weighted by Crippen LogP contribution is 2.60. The summed E-state index contributed by atoms with van der Waals surface area (Å²) in [7, 11) is 0. The number of aryl methyl sites for hydroxylation is 1. The lowest BCUT2D eigenvalue weighted by molar-refractivity contribution is -0.118. The van der Waals surface area contributed by atoms with E-state index in [1.807, 2.05) is 60.4 Å². The lowest BCUT2D eigenvalue weighted by Gasteiger charge is -2.37. The second-order valence-corrected chi connectivity index (χ2v) is 10.3. The van der Waals surface area contributed by atoms with Crippen molar-refractivity contribution < 1.29 is 14.4 Å². The van der Waals surface area contributed by atoms with E-state index in [2.05, 4.69) is 22.0 Å². The van der Waals surface area contributed by atoms with E-state index >= 15 is 0 Å². The third-order valence-corrected chi connectivity index (χ3v) is 8.13. The largest absolute Gasteiger partial charge is 0.352 e. The number of Topliss-reactive ketones (excluding diaryl/α,β-unsaturated/α-hetero) is 3. The normalized spacial score (nSPS) is 23.7. The number of hydrogen-bond acceptors (Lipinski definition) is 4. The Morgan fingerprint density at radius 3 is 2.21 bits per heavy atom. The average molecular weight is 512 g/mol. The molecule has 0 amide bonds. The third kappa shape index (κ3) is 2.62. The van der Waals surface area contributed by atoms with Gasteiger partial charge in [0.15, 0.2) is 17.3 Å². The number of carbonyl (C=O) groups is 3.